The third-order valence-electron chi connectivity index (χ3n) is 2.03. The smallest absolute Gasteiger partial charge is 0.398 e. The highest BCUT2D eigenvalue weighted by atomic mass is 19.4. The van der Waals surface area contributed by atoms with Crippen molar-refractivity contribution in [3.63, 3.8) is 0 Å². The third kappa shape index (κ3) is 3.27. The number of hydrogen-bond donors (Lipinski definition) is 2. The zero-order valence-electron chi connectivity index (χ0n) is 8.81. The van der Waals surface area contributed by atoms with E-state index in [4.69, 9.17) is 5.73 Å². The summed E-state index contributed by atoms with van der Waals surface area (Å²) in [5.74, 6) is 0. The second-order valence-corrected chi connectivity index (χ2v) is 3.30. The Morgan fingerprint density at radius 2 is 2.06 bits per heavy atom. The van der Waals surface area contributed by atoms with Crippen molar-refractivity contribution in [1.82, 2.24) is 5.32 Å². The standard InChI is InChI=1S/C11H13F3N2/c1-16-6-2-3-8-4-5-9(7-10(8)15)11(12,13)14/h2-5,7,16H,6,15H2,1H3. The van der Waals surface area contributed by atoms with Crippen LogP contribution in [0.2, 0.25) is 0 Å². The molecular formula is C11H13F3N2. The van der Waals surface area contributed by atoms with Gasteiger partial charge in [0, 0.05) is 12.2 Å². The average Bonchev–Trinajstić information content (AvgIpc) is 2.19. The normalized spacial score (nSPS) is 12.2. The fraction of sp³-hybridized carbons (Fsp3) is 0.273. The van der Waals surface area contributed by atoms with E-state index in [1.165, 1.54) is 6.07 Å². The number of anilines is 1. The van der Waals surface area contributed by atoms with Crippen LogP contribution in [0, 0.1) is 0 Å². The Balaban J connectivity index is 2.92. The van der Waals surface area contributed by atoms with Gasteiger partial charge >= 0.3 is 6.18 Å². The summed E-state index contributed by atoms with van der Waals surface area (Å²) in [5.41, 5.74) is 5.52. The van der Waals surface area contributed by atoms with Gasteiger partial charge in [0.1, 0.15) is 0 Å². The van der Waals surface area contributed by atoms with E-state index in [0.717, 1.165) is 12.1 Å². The van der Waals surface area contributed by atoms with E-state index in [-0.39, 0.29) is 5.69 Å². The van der Waals surface area contributed by atoms with E-state index in [1.807, 2.05) is 0 Å². The minimum absolute atomic E-state index is 0.127. The molecule has 2 nitrogen and oxygen atoms in total. The van der Waals surface area contributed by atoms with Crippen LogP contribution < -0.4 is 11.1 Å². The van der Waals surface area contributed by atoms with Crippen LogP contribution in [-0.4, -0.2) is 13.6 Å². The molecule has 88 valence electrons. The average molecular weight is 230 g/mol. The number of benzene rings is 1. The minimum Gasteiger partial charge on any atom is -0.398 e. The summed E-state index contributed by atoms with van der Waals surface area (Å²) in [6.07, 6.45) is -0.869. The molecule has 0 bridgehead atoms. The predicted molar refractivity (Wildman–Crippen MR) is 58.8 cm³/mol. The Kier molecular flexibility index (Phi) is 3.95. The molecule has 1 rings (SSSR count). The first-order chi connectivity index (χ1) is 7.45. The SMILES string of the molecule is CNCC=Cc1ccc(C(F)(F)F)cc1N. The number of likely N-dealkylation sites (N-methyl/N-ethyl adjacent to an activating group) is 1. The Labute approximate surface area is 92.0 Å². The maximum absolute atomic E-state index is 12.3. The lowest BCUT2D eigenvalue weighted by Gasteiger charge is -2.08. The first kappa shape index (κ1) is 12.6. The molecule has 1 aromatic rings. The maximum Gasteiger partial charge on any atom is 0.416 e. The van der Waals surface area contributed by atoms with Crippen molar-refractivity contribution in [2.45, 2.75) is 6.18 Å². The van der Waals surface area contributed by atoms with Crippen LogP contribution in [0.15, 0.2) is 24.3 Å². The van der Waals surface area contributed by atoms with Crippen LogP contribution in [0.4, 0.5) is 18.9 Å². The molecule has 0 aliphatic heterocycles. The van der Waals surface area contributed by atoms with Gasteiger partial charge in [0.2, 0.25) is 0 Å². The van der Waals surface area contributed by atoms with E-state index < -0.39 is 11.7 Å². The lowest BCUT2D eigenvalue weighted by Crippen LogP contribution is -2.06. The number of nitrogens with two attached hydrogens (primary N) is 1. The highest BCUT2D eigenvalue weighted by molar-refractivity contribution is 5.65. The van der Waals surface area contributed by atoms with Crippen molar-refractivity contribution in [2.24, 2.45) is 0 Å². The highest BCUT2D eigenvalue weighted by Crippen LogP contribution is 2.31. The number of alkyl halides is 3. The number of halogens is 3. The van der Waals surface area contributed by atoms with E-state index in [9.17, 15) is 13.2 Å². The predicted octanol–water partition coefficient (Wildman–Crippen LogP) is 2.52. The van der Waals surface area contributed by atoms with E-state index >= 15 is 0 Å². The molecule has 0 aliphatic carbocycles. The van der Waals surface area contributed by atoms with E-state index in [2.05, 4.69) is 5.32 Å². The molecule has 5 heteroatoms. The van der Waals surface area contributed by atoms with E-state index in [0.29, 0.717) is 12.1 Å². The molecule has 0 saturated heterocycles. The lowest BCUT2D eigenvalue weighted by molar-refractivity contribution is -0.137. The summed E-state index contributed by atoms with van der Waals surface area (Å²) >= 11 is 0. The zero-order valence-corrected chi connectivity index (χ0v) is 8.81. The van der Waals surface area contributed by atoms with Crippen LogP contribution in [-0.2, 0) is 6.18 Å². The van der Waals surface area contributed by atoms with Gasteiger partial charge in [-0.2, -0.15) is 13.2 Å². The van der Waals surface area contributed by atoms with Crippen LogP contribution in [0.5, 0.6) is 0 Å². The summed E-state index contributed by atoms with van der Waals surface area (Å²) in [7, 11) is 1.78. The van der Waals surface area contributed by atoms with Crippen LogP contribution in [0.1, 0.15) is 11.1 Å². The summed E-state index contributed by atoms with van der Waals surface area (Å²) in [4.78, 5) is 0. The van der Waals surface area contributed by atoms with Gasteiger partial charge in [0.25, 0.3) is 0 Å². The highest BCUT2D eigenvalue weighted by Gasteiger charge is 2.30. The number of rotatable bonds is 3. The zero-order chi connectivity index (χ0) is 12.2. The fourth-order valence-corrected chi connectivity index (χ4v) is 1.21. The first-order valence-corrected chi connectivity index (χ1v) is 4.73. The number of nitrogen functional groups attached to an aromatic ring is 1. The third-order valence-corrected chi connectivity index (χ3v) is 2.03. The molecule has 0 saturated carbocycles. The molecule has 1 aromatic carbocycles. The molecule has 0 aromatic heterocycles. The largest absolute Gasteiger partial charge is 0.416 e. The van der Waals surface area contributed by atoms with Crippen molar-refractivity contribution >= 4 is 11.8 Å². The van der Waals surface area contributed by atoms with Gasteiger partial charge in [-0.3, -0.25) is 0 Å². The molecule has 3 N–H and O–H groups in total. The van der Waals surface area contributed by atoms with Crippen molar-refractivity contribution in [2.75, 3.05) is 19.3 Å². The number of nitrogens with one attached hydrogen (secondary N) is 1. The quantitative estimate of drug-likeness (QED) is 0.783. The minimum atomic E-state index is -4.35. The summed E-state index contributed by atoms with van der Waals surface area (Å²) in [6, 6.07) is 3.33. The summed E-state index contributed by atoms with van der Waals surface area (Å²) in [5, 5.41) is 2.89. The Morgan fingerprint density at radius 3 is 2.56 bits per heavy atom. The van der Waals surface area contributed by atoms with Gasteiger partial charge in [-0.05, 0) is 24.7 Å². The molecule has 16 heavy (non-hydrogen) atoms. The van der Waals surface area contributed by atoms with Gasteiger partial charge in [-0.15, -0.1) is 0 Å². The number of hydrogen-bond acceptors (Lipinski definition) is 2. The Hall–Kier alpha value is -1.49. The topological polar surface area (TPSA) is 38.0 Å². The molecule has 0 fully saturated rings. The molecule has 0 radical (unpaired) electrons. The summed E-state index contributed by atoms with van der Waals surface area (Å²) < 4.78 is 37.0. The van der Waals surface area contributed by atoms with Crippen LogP contribution in [0.3, 0.4) is 0 Å². The van der Waals surface area contributed by atoms with E-state index in [1.54, 1.807) is 19.2 Å². The second-order valence-electron chi connectivity index (χ2n) is 3.30. The van der Waals surface area contributed by atoms with Crippen molar-refractivity contribution < 1.29 is 13.2 Å². The van der Waals surface area contributed by atoms with Crippen molar-refractivity contribution in [3.8, 4) is 0 Å². The summed E-state index contributed by atoms with van der Waals surface area (Å²) in [6.45, 7) is 0.639. The van der Waals surface area contributed by atoms with Gasteiger partial charge in [0.05, 0.1) is 5.56 Å². The second kappa shape index (κ2) is 5.03. The fourth-order valence-electron chi connectivity index (χ4n) is 1.21. The van der Waals surface area contributed by atoms with Crippen LogP contribution in [0.25, 0.3) is 6.08 Å². The van der Waals surface area contributed by atoms with Crippen molar-refractivity contribution in [3.05, 3.63) is 35.4 Å². The first-order valence-electron chi connectivity index (χ1n) is 4.73. The monoisotopic (exact) mass is 230 g/mol. The molecule has 0 aliphatic rings. The van der Waals surface area contributed by atoms with Crippen LogP contribution >= 0.6 is 0 Å². The molecule has 0 amide bonds. The molecule has 0 heterocycles. The Morgan fingerprint density at radius 1 is 1.38 bits per heavy atom. The molecule has 0 atom stereocenters. The van der Waals surface area contributed by atoms with Gasteiger partial charge in [-0.1, -0.05) is 18.2 Å². The molecular weight excluding hydrogens is 217 g/mol. The van der Waals surface area contributed by atoms with Gasteiger partial charge < -0.3 is 11.1 Å². The molecule has 0 spiro atoms. The molecule has 0 unspecified atom stereocenters. The van der Waals surface area contributed by atoms with Gasteiger partial charge in [0.15, 0.2) is 0 Å². The Bertz CT molecular complexity index is 383. The van der Waals surface area contributed by atoms with Crippen molar-refractivity contribution in [1.29, 1.82) is 0 Å². The lowest BCUT2D eigenvalue weighted by atomic mass is 10.1. The maximum atomic E-state index is 12.3. The van der Waals surface area contributed by atoms with Gasteiger partial charge in [-0.25, -0.2) is 0 Å².